The molecule has 1 unspecified atom stereocenters. The molecule has 0 saturated heterocycles. The molecule has 0 heterocycles. The summed E-state index contributed by atoms with van der Waals surface area (Å²) in [6, 6.07) is 0. The fourth-order valence-corrected chi connectivity index (χ4v) is 5.48. The van der Waals surface area contributed by atoms with Gasteiger partial charge in [-0.3, -0.25) is 14.4 Å². The molecule has 0 aliphatic heterocycles. The number of unbranched alkanes of at least 4 members (excludes halogenated alkanes) is 16. The molecular formula is C45H76O6. The van der Waals surface area contributed by atoms with Crippen molar-refractivity contribution < 1.29 is 28.6 Å². The maximum Gasteiger partial charge on any atom is 0.309 e. The average molecular weight is 713 g/mol. The minimum atomic E-state index is -0.806. The molecule has 0 aromatic carbocycles. The summed E-state index contributed by atoms with van der Waals surface area (Å²) in [7, 11) is 0. The van der Waals surface area contributed by atoms with E-state index in [0.29, 0.717) is 12.8 Å². The first-order valence-corrected chi connectivity index (χ1v) is 20.8. The van der Waals surface area contributed by atoms with Crippen molar-refractivity contribution in [3.8, 4) is 0 Å². The lowest BCUT2D eigenvalue weighted by atomic mass is 10.1. The third-order valence-corrected chi connectivity index (χ3v) is 8.55. The molecule has 1 atom stereocenters. The zero-order chi connectivity index (χ0) is 37.3. The maximum atomic E-state index is 12.6. The van der Waals surface area contributed by atoms with Crippen LogP contribution in [-0.2, 0) is 28.6 Å². The summed E-state index contributed by atoms with van der Waals surface area (Å²) in [4.78, 5) is 37.4. The number of esters is 3. The summed E-state index contributed by atoms with van der Waals surface area (Å²) in [5.41, 5.74) is 0. The van der Waals surface area contributed by atoms with E-state index in [1.165, 1.54) is 70.6 Å². The highest BCUT2D eigenvalue weighted by Gasteiger charge is 2.19. The first-order chi connectivity index (χ1) is 25.0. The molecule has 0 saturated carbocycles. The quantitative estimate of drug-likeness (QED) is 0.0278. The second-order valence-corrected chi connectivity index (χ2v) is 13.5. The third kappa shape index (κ3) is 38.2. The fraction of sp³-hybridized carbons (Fsp3) is 0.711. The van der Waals surface area contributed by atoms with Gasteiger partial charge in [-0.1, -0.05) is 171 Å². The van der Waals surface area contributed by atoms with Gasteiger partial charge in [0.05, 0.1) is 6.42 Å². The number of hydrogen-bond donors (Lipinski definition) is 0. The Hall–Kier alpha value is -2.89. The van der Waals surface area contributed by atoms with Crippen molar-refractivity contribution in [1.82, 2.24) is 0 Å². The second-order valence-electron chi connectivity index (χ2n) is 13.5. The highest BCUT2D eigenvalue weighted by atomic mass is 16.6. The van der Waals surface area contributed by atoms with E-state index in [9.17, 15) is 14.4 Å². The van der Waals surface area contributed by atoms with Gasteiger partial charge < -0.3 is 14.2 Å². The molecule has 0 aliphatic carbocycles. The minimum absolute atomic E-state index is 0.105. The van der Waals surface area contributed by atoms with Gasteiger partial charge in [-0.05, 0) is 57.8 Å². The van der Waals surface area contributed by atoms with Crippen LogP contribution in [0.15, 0.2) is 60.8 Å². The van der Waals surface area contributed by atoms with Crippen LogP contribution >= 0.6 is 0 Å². The van der Waals surface area contributed by atoms with E-state index in [-0.39, 0.29) is 31.6 Å². The summed E-state index contributed by atoms with van der Waals surface area (Å²) in [5.74, 6) is -1.05. The lowest BCUT2D eigenvalue weighted by Crippen LogP contribution is -2.30. The van der Waals surface area contributed by atoms with Crippen molar-refractivity contribution in [2.75, 3.05) is 13.2 Å². The molecule has 6 heteroatoms. The molecule has 0 aliphatic rings. The van der Waals surface area contributed by atoms with Crippen molar-refractivity contribution in [2.24, 2.45) is 0 Å². The molecule has 51 heavy (non-hydrogen) atoms. The highest BCUT2D eigenvalue weighted by Crippen LogP contribution is 2.13. The monoisotopic (exact) mass is 713 g/mol. The Kier molecular flexibility index (Phi) is 37.6. The number of allylic oxidation sites excluding steroid dienone is 9. The van der Waals surface area contributed by atoms with E-state index in [2.05, 4.69) is 69.4 Å². The summed E-state index contributed by atoms with van der Waals surface area (Å²) >= 11 is 0. The maximum absolute atomic E-state index is 12.6. The summed E-state index contributed by atoms with van der Waals surface area (Å²) in [6.07, 6.45) is 46.7. The Morgan fingerprint density at radius 3 is 1.37 bits per heavy atom. The van der Waals surface area contributed by atoms with Crippen LogP contribution in [0.3, 0.4) is 0 Å². The molecule has 0 fully saturated rings. The number of rotatable bonds is 36. The number of hydrogen-bond acceptors (Lipinski definition) is 6. The van der Waals surface area contributed by atoms with Gasteiger partial charge in [0.15, 0.2) is 6.10 Å². The largest absolute Gasteiger partial charge is 0.462 e. The summed E-state index contributed by atoms with van der Waals surface area (Å²) in [5, 5.41) is 0. The molecular weight excluding hydrogens is 636 g/mol. The van der Waals surface area contributed by atoms with Crippen LogP contribution in [0.25, 0.3) is 0 Å². The van der Waals surface area contributed by atoms with Crippen LogP contribution in [0.5, 0.6) is 0 Å². The molecule has 0 bridgehead atoms. The molecule has 6 nitrogen and oxygen atoms in total. The Morgan fingerprint density at radius 2 is 0.843 bits per heavy atom. The van der Waals surface area contributed by atoms with Gasteiger partial charge in [-0.2, -0.15) is 0 Å². The molecule has 0 spiro atoms. The first-order valence-electron chi connectivity index (χ1n) is 20.8. The van der Waals surface area contributed by atoms with E-state index < -0.39 is 12.1 Å². The van der Waals surface area contributed by atoms with E-state index in [1.807, 2.05) is 6.08 Å². The lowest BCUT2D eigenvalue weighted by molar-refractivity contribution is -0.166. The van der Waals surface area contributed by atoms with Crippen molar-refractivity contribution in [2.45, 2.75) is 194 Å². The summed E-state index contributed by atoms with van der Waals surface area (Å²) in [6.45, 7) is 6.27. The zero-order valence-corrected chi connectivity index (χ0v) is 33.1. The van der Waals surface area contributed by atoms with Crippen LogP contribution in [0.4, 0.5) is 0 Å². The highest BCUT2D eigenvalue weighted by molar-refractivity contribution is 5.72. The topological polar surface area (TPSA) is 78.9 Å². The van der Waals surface area contributed by atoms with E-state index >= 15 is 0 Å². The van der Waals surface area contributed by atoms with Crippen LogP contribution in [-0.4, -0.2) is 37.2 Å². The normalized spacial score (nSPS) is 12.6. The molecule has 0 radical (unpaired) electrons. The number of carbonyl (C=O) groups excluding carboxylic acids is 3. The van der Waals surface area contributed by atoms with Crippen LogP contribution in [0, 0.1) is 0 Å². The standard InChI is InChI=1S/C45H76O6/c1-4-7-10-13-16-19-21-22-23-24-27-29-32-35-38-44(47)50-41-42(40-49-43(46)37-34-31-28-25-18-15-12-9-6-3)51-45(48)39-36-33-30-26-20-17-14-11-8-5-2/h7,9-10,12,16,18-19,25,31,34,42H,4-6,8,11,13-15,17,20-24,26-30,32-33,35-41H2,1-3H3/b10-7-,12-9-,19-16-,25-18-,34-31-. The molecule has 0 aromatic rings. The fourth-order valence-electron chi connectivity index (χ4n) is 5.48. The average Bonchev–Trinajstić information content (AvgIpc) is 3.12. The Labute approximate surface area is 313 Å². The van der Waals surface area contributed by atoms with Crippen LogP contribution in [0.2, 0.25) is 0 Å². The van der Waals surface area contributed by atoms with Gasteiger partial charge in [0, 0.05) is 12.8 Å². The zero-order valence-electron chi connectivity index (χ0n) is 33.1. The lowest BCUT2D eigenvalue weighted by Gasteiger charge is -2.18. The van der Waals surface area contributed by atoms with Crippen molar-refractivity contribution >= 4 is 17.9 Å². The van der Waals surface area contributed by atoms with E-state index in [4.69, 9.17) is 14.2 Å². The molecule has 292 valence electrons. The van der Waals surface area contributed by atoms with Gasteiger partial charge in [-0.15, -0.1) is 0 Å². The van der Waals surface area contributed by atoms with Gasteiger partial charge >= 0.3 is 17.9 Å². The SMILES string of the molecule is CC/C=C\C/C=C\C/C=C\CC(=O)OCC(COC(=O)CCCCCCCCC/C=C\C/C=C\CC)OC(=O)CCCCCCCCCCCC. The predicted molar refractivity (Wildman–Crippen MR) is 215 cm³/mol. The first kappa shape index (κ1) is 48.1. The van der Waals surface area contributed by atoms with E-state index in [0.717, 1.165) is 77.0 Å². The molecule has 0 amide bonds. The van der Waals surface area contributed by atoms with Crippen molar-refractivity contribution in [3.05, 3.63) is 60.8 Å². The number of ether oxygens (including phenoxy) is 3. The van der Waals surface area contributed by atoms with Gasteiger partial charge in [0.1, 0.15) is 13.2 Å². The summed E-state index contributed by atoms with van der Waals surface area (Å²) < 4.78 is 16.5. The minimum Gasteiger partial charge on any atom is -0.462 e. The van der Waals surface area contributed by atoms with Gasteiger partial charge in [-0.25, -0.2) is 0 Å². The molecule has 0 rings (SSSR count). The predicted octanol–water partition coefficient (Wildman–Crippen LogP) is 13.0. The number of carbonyl (C=O) groups is 3. The second kappa shape index (κ2) is 39.9. The molecule has 0 N–H and O–H groups in total. The van der Waals surface area contributed by atoms with Gasteiger partial charge in [0.25, 0.3) is 0 Å². The van der Waals surface area contributed by atoms with Crippen molar-refractivity contribution in [1.29, 1.82) is 0 Å². The Morgan fingerprint density at radius 1 is 0.431 bits per heavy atom. The van der Waals surface area contributed by atoms with Gasteiger partial charge in [0.2, 0.25) is 0 Å². The van der Waals surface area contributed by atoms with Crippen LogP contribution < -0.4 is 0 Å². The van der Waals surface area contributed by atoms with E-state index in [1.54, 1.807) is 6.08 Å². The Bertz CT molecular complexity index is 960. The third-order valence-electron chi connectivity index (χ3n) is 8.55. The molecule has 0 aromatic heterocycles. The van der Waals surface area contributed by atoms with Crippen LogP contribution in [0.1, 0.15) is 188 Å². The smallest absolute Gasteiger partial charge is 0.309 e. The van der Waals surface area contributed by atoms with Crippen molar-refractivity contribution in [3.63, 3.8) is 0 Å². The Balaban J connectivity index is 4.43.